The van der Waals surface area contributed by atoms with Gasteiger partial charge in [-0.15, -0.1) is 0 Å². The van der Waals surface area contributed by atoms with Crippen LogP contribution in [-0.2, 0) is 24.0 Å². The number of hydrogen-bond acceptors (Lipinski definition) is 7. The highest BCUT2D eigenvalue weighted by Gasteiger charge is 2.53. The van der Waals surface area contributed by atoms with Gasteiger partial charge in [-0.3, -0.25) is 29.3 Å². The first-order chi connectivity index (χ1) is 18.1. The number of nitrogens with one attached hydrogen (secondary N) is 2. The standard InChI is InChI=1S/C25H31ClN4O8/c26-16-9-10-17-21(24(35)30(17)22(16)25(36)37)28-23(34)20(15-7-3-1-4-8-15)27-18(32)11-12-19(33)29(38)13-5-2-6-14-31/h1,3-4,7-8,17,20-21,31,38H,2,5-6,9-14H2,(H,27,32)(H,28,34)(H,36,37)/t17-,20+,21+/m1/s1. The molecule has 0 radical (unpaired) electrons. The predicted molar refractivity (Wildman–Crippen MR) is 133 cm³/mol. The molecular weight excluding hydrogens is 520 g/mol. The Hall–Kier alpha value is -3.48. The van der Waals surface area contributed by atoms with Crippen LogP contribution in [0.3, 0.4) is 0 Å². The lowest BCUT2D eigenvalue weighted by atomic mass is 9.86. The molecule has 1 aromatic rings. The van der Waals surface area contributed by atoms with Gasteiger partial charge in [-0.05, 0) is 37.7 Å². The number of aliphatic carboxylic acids is 1. The lowest BCUT2D eigenvalue weighted by Gasteiger charge is -2.49. The van der Waals surface area contributed by atoms with Gasteiger partial charge in [-0.2, -0.15) is 0 Å². The molecule has 206 valence electrons. The van der Waals surface area contributed by atoms with Crippen LogP contribution >= 0.6 is 11.6 Å². The summed E-state index contributed by atoms with van der Waals surface area (Å²) < 4.78 is 0. The van der Waals surface area contributed by atoms with Gasteiger partial charge in [0, 0.05) is 31.0 Å². The highest BCUT2D eigenvalue weighted by atomic mass is 35.5. The van der Waals surface area contributed by atoms with Crippen LogP contribution in [0.4, 0.5) is 0 Å². The van der Waals surface area contributed by atoms with E-state index in [1.807, 2.05) is 0 Å². The van der Waals surface area contributed by atoms with Crippen LogP contribution in [0.2, 0.25) is 0 Å². The summed E-state index contributed by atoms with van der Waals surface area (Å²) >= 11 is 6.01. The molecule has 1 saturated heterocycles. The lowest BCUT2D eigenvalue weighted by molar-refractivity contribution is -0.166. The molecule has 0 saturated carbocycles. The van der Waals surface area contributed by atoms with E-state index in [1.165, 1.54) is 0 Å². The molecule has 12 nitrogen and oxygen atoms in total. The first-order valence-corrected chi connectivity index (χ1v) is 12.7. The monoisotopic (exact) mass is 550 g/mol. The van der Waals surface area contributed by atoms with Gasteiger partial charge in [-0.1, -0.05) is 41.9 Å². The maximum absolute atomic E-state index is 13.2. The minimum atomic E-state index is -1.33. The van der Waals surface area contributed by atoms with Crippen molar-refractivity contribution in [2.45, 2.75) is 63.1 Å². The molecule has 1 aromatic carbocycles. The fourth-order valence-electron chi connectivity index (χ4n) is 4.46. The number of benzene rings is 1. The number of halogens is 1. The molecule has 3 atom stereocenters. The van der Waals surface area contributed by atoms with E-state index in [9.17, 15) is 34.3 Å². The van der Waals surface area contributed by atoms with Crippen molar-refractivity contribution < 1.29 is 39.4 Å². The van der Waals surface area contributed by atoms with Crippen LogP contribution in [0.5, 0.6) is 0 Å². The fraction of sp³-hybridized carbons (Fsp3) is 0.480. The third-order valence-corrected chi connectivity index (χ3v) is 6.83. The van der Waals surface area contributed by atoms with Crippen molar-refractivity contribution in [1.29, 1.82) is 0 Å². The van der Waals surface area contributed by atoms with Crippen molar-refractivity contribution in [2.75, 3.05) is 13.2 Å². The van der Waals surface area contributed by atoms with Gasteiger partial charge in [0.15, 0.2) is 0 Å². The molecule has 0 bridgehead atoms. The van der Waals surface area contributed by atoms with E-state index in [2.05, 4.69) is 10.6 Å². The van der Waals surface area contributed by atoms with E-state index in [0.717, 1.165) is 4.90 Å². The summed E-state index contributed by atoms with van der Waals surface area (Å²) in [5, 5.41) is 33.9. The van der Waals surface area contributed by atoms with E-state index in [1.54, 1.807) is 30.3 Å². The zero-order chi connectivity index (χ0) is 27.8. The van der Waals surface area contributed by atoms with Crippen molar-refractivity contribution in [2.24, 2.45) is 0 Å². The summed E-state index contributed by atoms with van der Waals surface area (Å²) in [6.45, 7) is 0.103. The number of aliphatic hydroxyl groups is 1. The molecule has 0 spiro atoms. The number of β-lactam (4-membered cyclic amide) rings is 1. The van der Waals surface area contributed by atoms with Crippen LogP contribution < -0.4 is 10.6 Å². The number of nitrogens with zero attached hydrogens (tertiary/aromatic N) is 2. The smallest absolute Gasteiger partial charge is 0.353 e. The maximum atomic E-state index is 13.2. The van der Waals surface area contributed by atoms with E-state index in [-0.39, 0.29) is 43.1 Å². The zero-order valence-electron chi connectivity index (χ0n) is 20.6. The number of amides is 4. The van der Waals surface area contributed by atoms with Crippen LogP contribution in [0, 0.1) is 0 Å². The Balaban J connectivity index is 1.61. The summed E-state index contributed by atoms with van der Waals surface area (Å²) in [6.07, 6.45) is 1.75. The molecule has 3 rings (SSSR count). The number of hydroxylamine groups is 2. The SMILES string of the molecule is O=C(CCC(=O)N(O)CCCCCO)N[C@H](C(=O)N[C@@H]1C(=O)N2C(C(=O)O)=C(Cl)CC[C@H]12)c1ccccc1. The van der Waals surface area contributed by atoms with Gasteiger partial charge in [0.2, 0.25) is 17.7 Å². The predicted octanol–water partition coefficient (Wildman–Crippen LogP) is 1.03. The number of hydrogen-bond donors (Lipinski definition) is 5. The highest BCUT2D eigenvalue weighted by molar-refractivity contribution is 6.32. The number of unbranched alkanes of at least 4 members (excludes halogenated alkanes) is 2. The first kappa shape index (κ1) is 29.1. The second kappa shape index (κ2) is 13.4. The Bertz CT molecular complexity index is 1100. The summed E-state index contributed by atoms with van der Waals surface area (Å²) in [5.41, 5.74) is 0.154. The quantitative estimate of drug-likeness (QED) is 0.105. The summed E-state index contributed by atoms with van der Waals surface area (Å²) in [5.74, 6) is -3.86. The average molecular weight is 551 g/mol. The van der Waals surface area contributed by atoms with Gasteiger partial charge in [0.1, 0.15) is 17.8 Å². The Labute approximate surface area is 224 Å². The summed E-state index contributed by atoms with van der Waals surface area (Å²) in [7, 11) is 0. The molecule has 4 amide bonds. The van der Waals surface area contributed by atoms with Crippen LogP contribution in [-0.4, -0.2) is 80.2 Å². The van der Waals surface area contributed by atoms with Crippen molar-refractivity contribution in [3.8, 4) is 0 Å². The van der Waals surface area contributed by atoms with E-state index in [0.29, 0.717) is 36.3 Å². The number of carbonyl (C=O) groups excluding carboxylic acids is 4. The molecule has 13 heteroatoms. The Morgan fingerprint density at radius 3 is 2.47 bits per heavy atom. The van der Waals surface area contributed by atoms with E-state index < -0.39 is 47.7 Å². The number of aliphatic hydroxyl groups excluding tert-OH is 1. The van der Waals surface area contributed by atoms with E-state index >= 15 is 0 Å². The summed E-state index contributed by atoms with van der Waals surface area (Å²) in [4.78, 5) is 63.3. The van der Waals surface area contributed by atoms with Gasteiger partial charge >= 0.3 is 5.97 Å². The Morgan fingerprint density at radius 1 is 1.11 bits per heavy atom. The van der Waals surface area contributed by atoms with Crippen molar-refractivity contribution in [1.82, 2.24) is 20.6 Å². The average Bonchev–Trinajstić information content (AvgIpc) is 2.91. The Kier molecular flexibility index (Phi) is 10.2. The van der Waals surface area contributed by atoms with Crippen molar-refractivity contribution in [3.63, 3.8) is 0 Å². The first-order valence-electron chi connectivity index (χ1n) is 12.4. The molecular formula is C25H31ClN4O8. The second-order valence-corrected chi connectivity index (χ2v) is 9.53. The zero-order valence-corrected chi connectivity index (χ0v) is 21.4. The number of rotatable bonds is 13. The van der Waals surface area contributed by atoms with Crippen molar-refractivity contribution >= 4 is 41.2 Å². The molecule has 0 aliphatic carbocycles. The topological polar surface area (TPSA) is 177 Å². The maximum Gasteiger partial charge on any atom is 0.353 e. The summed E-state index contributed by atoms with van der Waals surface area (Å²) in [6, 6.07) is 5.61. The Morgan fingerprint density at radius 2 is 1.82 bits per heavy atom. The number of carboxylic acid groups (broad SMARTS) is 1. The minimum absolute atomic E-state index is 0.0261. The lowest BCUT2D eigenvalue weighted by Crippen LogP contribution is -2.72. The van der Waals surface area contributed by atoms with E-state index in [4.69, 9.17) is 16.7 Å². The number of carboxylic acids is 1. The molecule has 0 aromatic heterocycles. The molecule has 2 aliphatic rings. The van der Waals surface area contributed by atoms with Gasteiger partial charge in [0.25, 0.3) is 5.91 Å². The number of fused-ring (bicyclic) bond motifs is 1. The number of allylic oxidation sites excluding steroid dienone is 1. The van der Waals surface area contributed by atoms with Crippen molar-refractivity contribution in [3.05, 3.63) is 46.6 Å². The normalized spacial score (nSPS) is 19.2. The molecule has 2 heterocycles. The molecule has 1 fully saturated rings. The highest BCUT2D eigenvalue weighted by Crippen LogP contribution is 2.38. The van der Waals surface area contributed by atoms with Crippen LogP contribution in [0.15, 0.2) is 41.1 Å². The largest absolute Gasteiger partial charge is 0.477 e. The molecule has 38 heavy (non-hydrogen) atoms. The minimum Gasteiger partial charge on any atom is -0.477 e. The van der Waals surface area contributed by atoms with Crippen LogP contribution in [0.25, 0.3) is 0 Å². The van der Waals surface area contributed by atoms with Crippen LogP contribution in [0.1, 0.15) is 56.6 Å². The fourth-order valence-corrected chi connectivity index (χ4v) is 4.74. The van der Waals surface area contributed by atoms with Gasteiger partial charge in [0.05, 0.1) is 6.04 Å². The molecule has 0 unspecified atom stereocenters. The number of carbonyl (C=O) groups is 5. The molecule has 5 N–H and O–H groups in total. The third kappa shape index (κ3) is 6.88. The molecule has 2 aliphatic heterocycles. The van der Waals surface area contributed by atoms with Gasteiger partial charge < -0.3 is 20.8 Å². The second-order valence-electron chi connectivity index (χ2n) is 9.07. The third-order valence-electron chi connectivity index (χ3n) is 6.46. The van der Waals surface area contributed by atoms with Gasteiger partial charge in [-0.25, -0.2) is 9.86 Å².